The molecule has 2 heterocycles. The Bertz CT molecular complexity index is 2210. The molecule has 336 valence electrons. The summed E-state index contributed by atoms with van der Waals surface area (Å²) in [6, 6.07) is 20.6. The zero-order valence-corrected chi connectivity index (χ0v) is 37.6. The number of alkyl carbamates (subject to hydrolysis) is 1. The molecule has 2 fully saturated rings. The summed E-state index contributed by atoms with van der Waals surface area (Å²) in [6.07, 6.45) is 3.84. The van der Waals surface area contributed by atoms with Gasteiger partial charge in [0.2, 0.25) is 11.7 Å². The molecule has 1 saturated carbocycles. The van der Waals surface area contributed by atoms with Crippen LogP contribution in [-0.4, -0.2) is 92.2 Å². The van der Waals surface area contributed by atoms with Crippen molar-refractivity contribution >= 4 is 35.5 Å². The Hall–Kier alpha value is -6.12. The number of piperidine rings is 1. The summed E-state index contributed by atoms with van der Waals surface area (Å²) in [6.45, 7) is 14.5. The van der Waals surface area contributed by atoms with Crippen molar-refractivity contribution in [1.29, 1.82) is 0 Å². The predicted octanol–water partition coefficient (Wildman–Crippen LogP) is 8.06. The number of ether oxygens (including phenoxy) is 2. The van der Waals surface area contributed by atoms with E-state index in [1.165, 1.54) is 0 Å². The summed E-state index contributed by atoms with van der Waals surface area (Å²) in [5.74, 6) is -0.535. The van der Waals surface area contributed by atoms with Crippen LogP contribution in [0, 0.1) is 24.7 Å². The van der Waals surface area contributed by atoms with Crippen LogP contribution in [0.1, 0.15) is 108 Å². The van der Waals surface area contributed by atoms with Gasteiger partial charge in [-0.25, -0.2) is 9.59 Å². The number of amides is 4. The van der Waals surface area contributed by atoms with E-state index in [2.05, 4.69) is 36.6 Å². The highest BCUT2D eigenvalue weighted by Gasteiger charge is 2.32. The zero-order chi connectivity index (χ0) is 45.3. The van der Waals surface area contributed by atoms with E-state index in [-0.39, 0.29) is 48.0 Å². The lowest BCUT2D eigenvalue weighted by atomic mass is 9.77. The quantitative estimate of drug-likeness (QED) is 0.102. The van der Waals surface area contributed by atoms with E-state index in [0.717, 1.165) is 40.7 Å². The van der Waals surface area contributed by atoms with Crippen LogP contribution in [0.4, 0.5) is 15.3 Å². The van der Waals surface area contributed by atoms with Crippen LogP contribution in [0.3, 0.4) is 0 Å². The van der Waals surface area contributed by atoms with Crippen LogP contribution in [0.25, 0.3) is 22.5 Å². The molecule has 63 heavy (non-hydrogen) atoms. The maximum atomic E-state index is 14.1. The average Bonchev–Trinajstić information content (AvgIpc) is 3.78. The first-order valence-corrected chi connectivity index (χ1v) is 22.0. The molecule has 0 unspecified atom stereocenters. The first kappa shape index (κ1) is 46.4. The number of hydrogen-bond acceptors (Lipinski definition) is 10. The molecular formula is C48H62N8O7. The van der Waals surface area contributed by atoms with Gasteiger partial charge in [-0.3, -0.25) is 14.4 Å². The van der Waals surface area contributed by atoms with Crippen molar-refractivity contribution < 1.29 is 33.4 Å². The van der Waals surface area contributed by atoms with Gasteiger partial charge in [-0.15, -0.1) is 10.2 Å². The number of aryl methyl sites for hydroxylation is 1. The van der Waals surface area contributed by atoms with Crippen molar-refractivity contribution in [3.8, 4) is 22.5 Å². The average molecular weight is 863 g/mol. The number of likely N-dealkylation sites (tertiary alicyclic amines) is 1. The summed E-state index contributed by atoms with van der Waals surface area (Å²) in [7, 11) is 0. The molecule has 2 aliphatic rings. The molecule has 3 aromatic carbocycles. The maximum Gasteiger partial charge on any atom is 0.410 e. The largest absolute Gasteiger partial charge is 0.444 e. The van der Waals surface area contributed by atoms with Gasteiger partial charge in [-0.05, 0) is 163 Å². The van der Waals surface area contributed by atoms with Crippen molar-refractivity contribution in [3.05, 3.63) is 83.4 Å². The minimum absolute atomic E-state index is 0.0578. The van der Waals surface area contributed by atoms with Crippen LogP contribution in [0.15, 0.2) is 66.7 Å². The first-order chi connectivity index (χ1) is 29.9. The van der Waals surface area contributed by atoms with Crippen molar-refractivity contribution in [3.63, 3.8) is 0 Å². The molecule has 0 spiro atoms. The Morgan fingerprint density at radius 3 is 2.17 bits per heavy atom. The number of tetrazole rings is 1. The minimum atomic E-state index is -0.656. The van der Waals surface area contributed by atoms with Gasteiger partial charge in [0, 0.05) is 60.7 Å². The Morgan fingerprint density at radius 1 is 0.825 bits per heavy atom. The second kappa shape index (κ2) is 20.4. The number of aromatic nitrogens is 4. The number of anilines is 1. The van der Waals surface area contributed by atoms with Gasteiger partial charge in [0.05, 0.1) is 0 Å². The lowest BCUT2D eigenvalue weighted by Gasteiger charge is -2.33. The van der Waals surface area contributed by atoms with Crippen LogP contribution >= 0.6 is 0 Å². The van der Waals surface area contributed by atoms with Crippen molar-refractivity contribution in [2.75, 3.05) is 25.0 Å². The van der Waals surface area contributed by atoms with Crippen molar-refractivity contribution in [2.45, 2.75) is 117 Å². The van der Waals surface area contributed by atoms with Gasteiger partial charge < -0.3 is 30.3 Å². The number of Topliss-reactive ketones (excluding diaryl/α,β-unsaturated/α-hetero) is 1. The van der Waals surface area contributed by atoms with Gasteiger partial charge in [0.1, 0.15) is 17.0 Å². The SMILES string of the molecule is Cc1ccc(C(=O)NC2CCN(C(=O)OC(C)(C)C)CC2)cc1-c1cccc(C[C@H](CC(=O)C2CCC(CNC(=O)OC(C)(C)C)CC2)C(=O)Nc2ccc(-c3nn[nH]n3)cc2)c1. The third-order valence-electron chi connectivity index (χ3n) is 11.5. The second-order valence-electron chi connectivity index (χ2n) is 18.9. The van der Waals surface area contributed by atoms with Crippen LogP contribution in [0.2, 0.25) is 0 Å². The van der Waals surface area contributed by atoms with Gasteiger partial charge >= 0.3 is 12.2 Å². The molecule has 4 amide bonds. The predicted molar refractivity (Wildman–Crippen MR) is 240 cm³/mol. The van der Waals surface area contributed by atoms with E-state index in [9.17, 15) is 24.0 Å². The highest BCUT2D eigenvalue weighted by atomic mass is 16.6. The number of ketones is 1. The Morgan fingerprint density at radius 2 is 1.52 bits per heavy atom. The molecule has 0 radical (unpaired) electrons. The van der Waals surface area contributed by atoms with Crippen molar-refractivity contribution in [2.24, 2.45) is 17.8 Å². The molecule has 6 rings (SSSR count). The van der Waals surface area contributed by atoms with Crippen LogP contribution < -0.4 is 16.0 Å². The summed E-state index contributed by atoms with van der Waals surface area (Å²) < 4.78 is 10.9. The fourth-order valence-corrected chi connectivity index (χ4v) is 8.15. The highest BCUT2D eigenvalue weighted by molar-refractivity contribution is 5.97. The Kier molecular flexibility index (Phi) is 15.0. The third kappa shape index (κ3) is 13.7. The molecule has 4 aromatic rings. The van der Waals surface area contributed by atoms with E-state index in [1.807, 2.05) is 90.9 Å². The van der Waals surface area contributed by atoms with Gasteiger partial charge in [-0.1, -0.05) is 30.3 Å². The summed E-state index contributed by atoms with van der Waals surface area (Å²) in [5, 5.41) is 23.2. The van der Waals surface area contributed by atoms with Gasteiger partial charge in [-0.2, -0.15) is 5.21 Å². The summed E-state index contributed by atoms with van der Waals surface area (Å²) in [5.41, 5.74) is 4.35. The lowest BCUT2D eigenvalue weighted by molar-refractivity contribution is -0.129. The number of rotatable bonds is 13. The molecule has 1 aliphatic heterocycles. The molecule has 0 bridgehead atoms. The molecular weight excluding hydrogens is 801 g/mol. The highest BCUT2D eigenvalue weighted by Crippen LogP contribution is 2.33. The second-order valence-corrected chi connectivity index (χ2v) is 18.9. The minimum Gasteiger partial charge on any atom is -0.444 e. The van der Waals surface area contributed by atoms with Crippen LogP contribution in [0.5, 0.6) is 0 Å². The summed E-state index contributed by atoms with van der Waals surface area (Å²) in [4.78, 5) is 68.1. The fourth-order valence-electron chi connectivity index (χ4n) is 8.15. The monoisotopic (exact) mass is 862 g/mol. The number of benzene rings is 3. The van der Waals surface area contributed by atoms with E-state index in [1.54, 1.807) is 29.2 Å². The number of carbonyl (C=O) groups excluding carboxylic acids is 5. The number of nitrogens with one attached hydrogen (secondary N) is 4. The van der Waals surface area contributed by atoms with Gasteiger partial charge in [0.25, 0.3) is 5.91 Å². The van der Waals surface area contributed by atoms with E-state index in [0.29, 0.717) is 68.8 Å². The number of carbonyl (C=O) groups is 5. The molecule has 1 aromatic heterocycles. The third-order valence-corrected chi connectivity index (χ3v) is 11.5. The standard InChI is InChI=1S/C48H62N8O7/c1-30-11-14-36(43(58)51-39-21-23-56(24-22-39)46(61)63-48(5,6)7)27-40(30)35-10-8-9-32(25-35)26-37(44(59)50-38-19-17-34(18-20-38)42-52-54-55-53-42)28-41(57)33-15-12-31(13-16-33)29-49-45(60)62-47(2,3)4/h8-11,14,17-20,25,27,31,33,37,39H,12-13,15-16,21-24,26,28-29H2,1-7H3,(H,49,60)(H,50,59)(H,51,58)(H,52,53,54,55)/t31?,33?,37-/m1/s1. The molecule has 4 N–H and O–H groups in total. The van der Waals surface area contributed by atoms with Crippen molar-refractivity contribution in [1.82, 2.24) is 36.2 Å². The normalized spacial score (nSPS) is 17.6. The molecule has 1 aliphatic carbocycles. The number of hydrogen-bond donors (Lipinski definition) is 4. The van der Waals surface area contributed by atoms with E-state index >= 15 is 0 Å². The Labute approximate surface area is 369 Å². The molecule has 1 atom stereocenters. The lowest BCUT2D eigenvalue weighted by Crippen LogP contribution is -2.47. The molecule has 1 saturated heterocycles. The number of H-pyrrole nitrogens is 1. The Balaban J connectivity index is 1.12. The smallest absolute Gasteiger partial charge is 0.410 e. The first-order valence-electron chi connectivity index (χ1n) is 22.0. The maximum absolute atomic E-state index is 14.1. The zero-order valence-electron chi connectivity index (χ0n) is 37.6. The van der Waals surface area contributed by atoms with Gasteiger partial charge in [0.15, 0.2) is 0 Å². The number of nitrogens with zero attached hydrogens (tertiary/aromatic N) is 4. The molecule has 15 heteroatoms. The van der Waals surface area contributed by atoms with Crippen LogP contribution in [-0.2, 0) is 25.5 Å². The van der Waals surface area contributed by atoms with E-state index in [4.69, 9.17) is 9.47 Å². The topological polar surface area (TPSA) is 198 Å². The summed E-state index contributed by atoms with van der Waals surface area (Å²) >= 11 is 0. The fraction of sp³-hybridized carbons (Fsp3) is 0.500. The van der Waals surface area contributed by atoms with E-state index < -0.39 is 23.2 Å². The molecule has 15 nitrogen and oxygen atoms in total. The number of aromatic amines is 1.